The fourth-order valence-electron chi connectivity index (χ4n) is 3.99. The molecule has 2 N–H and O–H groups in total. The topological polar surface area (TPSA) is 57.1 Å². The number of guanidine groups is 1. The summed E-state index contributed by atoms with van der Waals surface area (Å²) in [6, 6.07) is 0. The van der Waals surface area contributed by atoms with Gasteiger partial charge in [-0.25, -0.2) is 0 Å². The number of aliphatic hydroxyl groups excluding tert-OH is 1. The molecule has 0 aromatic heterocycles. The number of likely N-dealkylation sites (tertiary alicyclic amines) is 1. The van der Waals surface area contributed by atoms with Crippen LogP contribution < -0.4 is 5.32 Å². The van der Waals surface area contributed by atoms with Crippen LogP contribution in [0.25, 0.3) is 0 Å². The van der Waals surface area contributed by atoms with Crippen LogP contribution in [0.2, 0.25) is 0 Å². The van der Waals surface area contributed by atoms with E-state index in [1.54, 1.807) is 0 Å². The summed E-state index contributed by atoms with van der Waals surface area (Å²) >= 11 is 0. The Balaban J connectivity index is 0.00000225. The minimum atomic E-state index is -0.196. The Bertz CT molecular complexity index is 436. The van der Waals surface area contributed by atoms with Crippen molar-refractivity contribution in [2.75, 3.05) is 33.3 Å². The molecule has 1 heterocycles. The first-order valence-electron chi connectivity index (χ1n) is 9.86. The normalized spacial score (nSPS) is 31.6. The van der Waals surface area contributed by atoms with E-state index in [2.05, 4.69) is 22.1 Å². The smallest absolute Gasteiger partial charge is 0.193 e. The lowest BCUT2D eigenvalue weighted by molar-refractivity contribution is 0.00215. The van der Waals surface area contributed by atoms with Crippen LogP contribution in [0.1, 0.15) is 58.3 Å². The Morgan fingerprint density at radius 3 is 2.52 bits per heavy atom. The number of hydrogen-bond acceptors (Lipinski definition) is 3. The van der Waals surface area contributed by atoms with Crippen molar-refractivity contribution in [3.8, 4) is 0 Å². The molecule has 2 unspecified atom stereocenters. The largest absolute Gasteiger partial charge is 0.392 e. The molecule has 0 radical (unpaired) electrons. The van der Waals surface area contributed by atoms with Crippen molar-refractivity contribution in [1.82, 2.24) is 10.2 Å². The van der Waals surface area contributed by atoms with Gasteiger partial charge in [-0.2, -0.15) is 0 Å². The van der Waals surface area contributed by atoms with Crippen LogP contribution in [0.5, 0.6) is 0 Å². The number of piperidine rings is 1. The van der Waals surface area contributed by atoms with Crippen molar-refractivity contribution in [2.45, 2.75) is 70.5 Å². The molecule has 0 aromatic carbocycles. The maximum atomic E-state index is 10.4. The van der Waals surface area contributed by atoms with E-state index >= 15 is 0 Å². The van der Waals surface area contributed by atoms with Crippen molar-refractivity contribution in [2.24, 2.45) is 16.3 Å². The average molecular weight is 465 g/mol. The van der Waals surface area contributed by atoms with E-state index in [0.717, 1.165) is 70.2 Å². The highest BCUT2D eigenvalue weighted by Gasteiger charge is 2.36. The molecule has 2 aliphatic carbocycles. The second-order valence-corrected chi connectivity index (χ2v) is 8.28. The van der Waals surface area contributed by atoms with Gasteiger partial charge >= 0.3 is 0 Å². The number of nitrogens with zero attached hydrogens (tertiary/aromatic N) is 2. The summed E-state index contributed by atoms with van der Waals surface area (Å²) < 4.78 is 6.03. The molecule has 5 nitrogen and oxygen atoms in total. The minimum absolute atomic E-state index is 0. The Hall–Kier alpha value is -0.0800. The Morgan fingerprint density at radius 2 is 1.92 bits per heavy atom. The van der Waals surface area contributed by atoms with Gasteiger partial charge in [-0.05, 0) is 44.4 Å². The van der Waals surface area contributed by atoms with Gasteiger partial charge in [-0.1, -0.05) is 19.8 Å². The molecule has 3 fully saturated rings. The van der Waals surface area contributed by atoms with E-state index in [1.165, 1.54) is 19.3 Å². The molecule has 2 saturated carbocycles. The third-order valence-electron chi connectivity index (χ3n) is 6.15. The average Bonchev–Trinajstić information content (AvgIpc) is 3.42. The van der Waals surface area contributed by atoms with Gasteiger partial charge in [-0.3, -0.25) is 4.99 Å². The summed E-state index contributed by atoms with van der Waals surface area (Å²) in [4.78, 5) is 6.81. The zero-order chi connectivity index (χ0) is 17.0. The quantitative estimate of drug-likeness (QED) is 0.373. The molecule has 1 saturated heterocycles. The molecule has 0 spiro atoms. The van der Waals surface area contributed by atoms with Gasteiger partial charge in [0, 0.05) is 38.7 Å². The van der Waals surface area contributed by atoms with Crippen LogP contribution in [-0.4, -0.2) is 61.5 Å². The minimum Gasteiger partial charge on any atom is -0.392 e. The molecule has 25 heavy (non-hydrogen) atoms. The van der Waals surface area contributed by atoms with E-state index in [9.17, 15) is 5.11 Å². The second-order valence-electron chi connectivity index (χ2n) is 8.28. The lowest BCUT2D eigenvalue weighted by Gasteiger charge is -2.40. The predicted octanol–water partition coefficient (Wildman–Crippen LogP) is 3.01. The Labute approximate surface area is 170 Å². The van der Waals surface area contributed by atoms with Crippen molar-refractivity contribution in [3.05, 3.63) is 0 Å². The van der Waals surface area contributed by atoms with Gasteiger partial charge in [0.05, 0.1) is 12.2 Å². The van der Waals surface area contributed by atoms with Crippen molar-refractivity contribution >= 4 is 29.9 Å². The highest BCUT2D eigenvalue weighted by atomic mass is 127. The number of rotatable bonds is 5. The Kier molecular flexibility index (Phi) is 8.27. The summed E-state index contributed by atoms with van der Waals surface area (Å²) in [5, 5.41) is 13.9. The molecule has 1 aliphatic heterocycles. The lowest BCUT2D eigenvalue weighted by Crippen LogP contribution is -2.51. The molecular formula is C19H36IN3O2. The number of aliphatic imine (C=N–C) groups is 1. The van der Waals surface area contributed by atoms with Gasteiger partial charge in [0.1, 0.15) is 0 Å². The van der Waals surface area contributed by atoms with Crippen molar-refractivity contribution < 1.29 is 9.84 Å². The van der Waals surface area contributed by atoms with Crippen LogP contribution in [0.4, 0.5) is 0 Å². The fourth-order valence-corrected chi connectivity index (χ4v) is 3.99. The Morgan fingerprint density at radius 1 is 1.20 bits per heavy atom. The number of hydrogen-bond donors (Lipinski definition) is 2. The van der Waals surface area contributed by atoms with Gasteiger partial charge in [0.2, 0.25) is 0 Å². The van der Waals surface area contributed by atoms with Crippen LogP contribution in [0.3, 0.4) is 0 Å². The van der Waals surface area contributed by atoms with E-state index in [1.807, 2.05) is 7.05 Å². The van der Waals surface area contributed by atoms with Gasteiger partial charge in [0.15, 0.2) is 5.96 Å². The molecule has 0 aromatic rings. The van der Waals surface area contributed by atoms with E-state index in [4.69, 9.17) is 4.74 Å². The van der Waals surface area contributed by atoms with E-state index in [-0.39, 0.29) is 35.5 Å². The molecular weight excluding hydrogens is 429 g/mol. The van der Waals surface area contributed by atoms with Crippen LogP contribution in [-0.2, 0) is 4.74 Å². The summed E-state index contributed by atoms with van der Waals surface area (Å²) in [5.74, 6) is 1.83. The summed E-state index contributed by atoms with van der Waals surface area (Å²) in [6.45, 7) is 5.99. The maximum Gasteiger partial charge on any atom is 0.193 e. The lowest BCUT2D eigenvalue weighted by atomic mass is 9.73. The van der Waals surface area contributed by atoms with E-state index < -0.39 is 0 Å². The number of nitrogens with one attached hydrogen (secondary N) is 1. The molecule has 3 aliphatic rings. The number of ether oxygens (including phenoxy) is 1. The number of aliphatic hydroxyl groups is 1. The zero-order valence-electron chi connectivity index (χ0n) is 15.9. The highest BCUT2D eigenvalue weighted by Crippen LogP contribution is 2.35. The molecule has 146 valence electrons. The third-order valence-corrected chi connectivity index (χ3v) is 6.15. The number of halogens is 1. The van der Waals surface area contributed by atoms with Crippen LogP contribution >= 0.6 is 24.0 Å². The zero-order valence-corrected chi connectivity index (χ0v) is 18.2. The first-order valence-corrected chi connectivity index (χ1v) is 9.86. The SMILES string of the molecule is CN=C(NCC1(C)CCCCC1O)N1CCC(OCC2CC2)CC1.I. The fraction of sp³-hybridized carbons (Fsp3) is 0.947. The van der Waals surface area contributed by atoms with Crippen LogP contribution in [0.15, 0.2) is 4.99 Å². The second kappa shape index (κ2) is 9.74. The third kappa shape index (κ3) is 5.96. The summed E-state index contributed by atoms with van der Waals surface area (Å²) in [7, 11) is 1.86. The summed E-state index contributed by atoms with van der Waals surface area (Å²) in [6.07, 6.45) is 9.53. The first kappa shape index (κ1) is 21.2. The summed E-state index contributed by atoms with van der Waals surface area (Å²) in [5.41, 5.74) is -0.0279. The molecule has 6 heteroatoms. The van der Waals surface area contributed by atoms with E-state index in [0.29, 0.717) is 6.10 Å². The molecule has 2 atom stereocenters. The van der Waals surface area contributed by atoms with Gasteiger partial charge in [0.25, 0.3) is 0 Å². The van der Waals surface area contributed by atoms with Gasteiger partial charge < -0.3 is 20.1 Å². The maximum absolute atomic E-state index is 10.4. The molecule has 3 rings (SSSR count). The molecule has 0 amide bonds. The molecule has 0 bridgehead atoms. The predicted molar refractivity (Wildman–Crippen MR) is 113 cm³/mol. The van der Waals surface area contributed by atoms with Crippen LogP contribution in [0, 0.1) is 11.3 Å². The highest BCUT2D eigenvalue weighted by molar-refractivity contribution is 14.0. The standard InChI is InChI=1S/C19H35N3O2.HI/c1-19(10-4-3-5-17(19)23)14-21-18(20-2)22-11-8-16(9-12-22)24-13-15-6-7-15;/h15-17,23H,3-14H2,1-2H3,(H,20,21);1H. The first-order chi connectivity index (χ1) is 11.6. The van der Waals surface area contributed by atoms with Gasteiger partial charge in [-0.15, -0.1) is 24.0 Å². The van der Waals surface area contributed by atoms with Crippen molar-refractivity contribution in [1.29, 1.82) is 0 Å². The van der Waals surface area contributed by atoms with Crippen molar-refractivity contribution in [3.63, 3.8) is 0 Å². The monoisotopic (exact) mass is 465 g/mol.